The Labute approximate surface area is 127 Å². The Hall–Kier alpha value is -1.85. The molecule has 2 heteroatoms. The van der Waals surface area contributed by atoms with Crippen LogP contribution < -0.4 is 0 Å². The molecule has 108 valence electrons. The van der Waals surface area contributed by atoms with Crippen molar-refractivity contribution < 1.29 is 0 Å². The Balaban J connectivity index is 2.04. The third-order valence-electron chi connectivity index (χ3n) is 4.66. The van der Waals surface area contributed by atoms with Crippen LogP contribution in [0.5, 0.6) is 0 Å². The van der Waals surface area contributed by atoms with Gasteiger partial charge in [-0.1, -0.05) is 42.5 Å². The van der Waals surface area contributed by atoms with Gasteiger partial charge in [0.05, 0.1) is 12.0 Å². The standard InChI is InChI=1S/C19H22N2/c1-19(2,3)21-12-15(11-20)18(13-21)17-10-6-8-14-7-4-5-9-16(14)17/h4-10,15,18H,12-13H2,1-3H3/t15-,18-/m1/s1. The first-order chi connectivity index (χ1) is 10.0. The van der Waals surface area contributed by atoms with Gasteiger partial charge >= 0.3 is 0 Å². The number of nitriles is 1. The summed E-state index contributed by atoms with van der Waals surface area (Å²) >= 11 is 0. The predicted molar refractivity (Wildman–Crippen MR) is 87.1 cm³/mol. The topological polar surface area (TPSA) is 27.0 Å². The van der Waals surface area contributed by atoms with Crippen molar-refractivity contribution in [1.82, 2.24) is 4.90 Å². The molecule has 1 saturated heterocycles. The fourth-order valence-corrected chi connectivity index (χ4v) is 3.37. The molecule has 3 rings (SSSR count). The van der Waals surface area contributed by atoms with Crippen LogP contribution in [0.2, 0.25) is 0 Å². The summed E-state index contributed by atoms with van der Waals surface area (Å²) < 4.78 is 0. The van der Waals surface area contributed by atoms with E-state index in [0.29, 0.717) is 5.92 Å². The van der Waals surface area contributed by atoms with E-state index in [2.05, 4.69) is 74.2 Å². The molecule has 2 aromatic carbocycles. The van der Waals surface area contributed by atoms with Crippen LogP contribution in [0.1, 0.15) is 32.3 Å². The number of rotatable bonds is 1. The second-order valence-corrected chi connectivity index (χ2v) is 6.99. The maximum absolute atomic E-state index is 9.58. The first kappa shape index (κ1) is 14.1. The number of hydrogen-bond donors (Lipinski definition) is 0. The lowest BCUT2D eigenvalue weighted by Gasteiger charge is -2.31. The molecular formula is C19H22N2. The zero-order valence-electron chi connectivity index (χ0n) is 13.0. The number of benzene rings is 2. The molecule has 1 fully saturated rings. The average Bonchev–Trinajstić information content (AvgIpc) is 2.91. The van der Waals surface area contributed by atoms with Crippen molar-refractivity contribution in [1.29, 1.82) is 5.26 Å². The molecule has 0 unspecified atom stereocenters. The van der Waals surface area contributed by atoms with E-state index in [-0.39, 0.29) is 11.5 Å². The zero-order chi connectivity index (χ0) is 15.0. The minimum absolute atomic E-state index is 0.0787. The Morgan fingerprint density at radius 1 is 1.05 bits per heavy atom. The van der Waals surface area contributed by atoms with Gasteiger partial charge in [-0.3, -0.25) is 4.90 Å². The highest BCUT2D eigenvalue weighted by Gasteiger charge is 2.38. The van der Waals surface area contributed by atoms with Crippen LogP contribution >= 0.6 is 0 Å². The molecule has 0 aliphatic carbocycles. The van der Waals surface area contributed by atoms with Crippen molar-refractivity contribution in [2.45, 2.75) is 32.2 Å². The molecule has 0 aromatic heterocycles. The van der Waals surface area contributed by atoms with Gasteiger partial charge in [-0.05, 0) is 37.1 Å². The molecule has 0 radical (unpaired) electrons. The van der Waals surface area contributed by atoms with Gasteiger partial charge < -0.3 is 0 Å². The smallest absolute Gasteiger partial charge is 0.0676 e. The van der Waals surface area contributed by atoms with E-state index in [1.54, 1.807) is 0 Å². The summed E-state index contributed by atoms with van der Waals surface area (Å²) in [7, 11) is 0. The van der Waals surface area contributed by atoms with Gasteiger partial charge in [0.15, 0.2) is 0 Å². The molecule has 0 spiro atoms. The van der Waals surface area contributed by atoms with Gasteiger partial charge in [-0.15, -0.1) is 0 Å². The summed E-state index contributed by atoms with van der Waals surface area (Å²) in [6.45, 7) is 8.52. The molecule has 2 nitrogen and oxygen atoms in total. The minimum atomic E-state index is 0.0787. The van der Waals surface area contributed by atoms with Crippen molar-refractivity contribution in [2.24, 2.45) is 5.92 Å². The van der Waals surface area contributed by atoms with Crippen molar-refractivity contribution in [3.05, 3.63) is 48.0 Å². The average molecular weight is 278 g/mol. The molecule has 1 aliphatic heterocycles. The van der Waals surface area contributed by atoms with Crippen LogP contribution in [0.15, 0.2) is 42.5 Å². The minimum Gasteiger partial charge on any atom is -0.297 e. The summed E-state index contributed by atoms with van der Waals surface area (Å²) in [6, 6.07) is 17.5. The SMILES string of the molecule is CC(C)(C)N1C[C@@H](C#N)[C@H](c2cccc3ccccc23)C1. The van der Waals surface area contributed by atoms with Gasteiger partial charge in [0.2, 0.25) is 0 Å². The van der Waals surface area contributed by atoms with Gasteiger partial charge in [0.1, 0.15) is 0 Å². The number of fused-ring (bicyclic) bond motifs is 1. The largest absolute Gasteiger partial charge is 0.297 e. The molecule has 2 atom stereocenters. The second kappa shape index (κ2) is 5.16. The van der Waals surface area contributed by atoms with Crippen LogP contribution in [0, 0.1) is 17.2 Å². The fourth-order valence-electron chi connectivity index (χ4n) is 3.37. The highest BCUT2D eigenvalue weighted by atomic mass is 15.2. The molecule has 0 amide bonds. The van der Waals surface area contributed by atoms with Crippen molar-refractivity contribution in [2.75, 3.05) is 13.1 Å². The van der Waals surface area contributed by atoms with E-state index in [9.17, 15) is 5.26 Å². The summed E-state index contributed by atoms with van der Waals surface area (Å²) in [5.41, 5.74) is 1.44. The molecule has 21 heavy (non-hydrogen) atoms. The molecule has 0 N–H and O–H groups in total. The van der Waals surface area contributed by atoms with Gasteiger partial charge in [-0.2, -0.15) is 5.26 Å². The molecule has 0 bridgehead atoms. The Bertz CT molecular complexity index is 685. The highest BCUT2D eigenvalue weighted by molar-refractivity contribution is 5.86. The number of hydrogen-bond acceptors (Lipinski definition) is 2. The third kappa shape index (κ3) is 2.54. The van der Waals surface area contributed by atoms with E-state index in [1.807, 2.05) is 0 Å². The van der Waals surface area contributed by atoms with Gasteiger partial charge in [-0.25, -0.2) is 0 Å². The van der Waals surface area contributed by atoms with E-state index < -0.39 is 0 Å². The lowest BCUT2D eigenvalue weighted by Crippen LogP contribution is -2.39. The first-order valence-corrected chi connectivity index (χ1v) is 7.63. The van der Waals surface area contributed by atoms with E-state index in [4.69, 9.17) is 0 Å². The third-order valence-corrected chi connectivity index (χ3v) is 4.66. The summed E-state index contributed by atoms with van der Waals surface area (Å²) in [4.78, 5) is 2.44. The first-order valence-electron chi connectivity index (χ1n) is 7.63. The van der Waals surface area contributed by atoms with Gasteiger partial charge in [0.25, 0.3) is 0 Å². The monoisotopic (exact) mass is 278 g/mol. The molecule has 2 aromatic rings. The Morgan fingerprint density at radius 2 is 1.76 bits per heavy atom. The van der Waals surface area contributed by atoms with Crippen LogP contribution in [-0.4, -0.2) is 23.5 Å². The number of nitrogens with zero attached hydrogens (tertiary/aromatic N) is 2. The lowest BCUT2D eigenvalue weighted by atomic mass is 9.87. The van der Waals surface area contributed by atoms with Crippen LogP contribution in [0.25, 0.3) is 10.8 Å². The van der Waals surface area contributed by atoms with Crippen molar-refractivity contribution >= 4 is 10.8 Å². The van der Waals surface area contributed by atoms with Crippen LogP contribution in [-0.2, 0) is 0 Å². The van der Waals surface area contributed by atoms with Crippen molar-refractivity contribution in [3.63, 3.8) is 0 Å². The molecule has 1 heterocycles. The van der Waals surface area contributed by atoms with E-state index in [0.717, 1.165) is 13.1 Å². The molecule has 1 aliphatic rings. The second-order valence-electron chi connectivity index (χ2n) is 6.99. The summed E-state index contributed by atoms with van der Waals surface area (Å²) in [5, 5.41) is 12.1. The number of likely N-dealkylation sites (tertiary alicyclic amines) is 1. The van der Waals surface area contributed by atoms with Crippen LogP contribution in [0.3, 0.4) is 0 Å². The predicted octanol–water partition coefficient (Wildman–Crippen LogP) is 4.18. The molecule has 0 saturated carbocycles. The van der Waals surface area contributed by atoms with Gasteiger partial charge in [0, 0.05) is 24.5 Å². The van der Waals surface area contributed by atoms with E-state index >= 15 is 0 Å². The fraction of sp³-hybridized carbons (Fsp3) is 0.421. The Morgan fingerprint density at radius 3 is 2.48 bits per heavy atom. The maximum Gasteiger partial charge on any atom is 0.0676 e. The van der Waals surface area contributed by atoms with Crippen LogP contribution in [0.4, 0.5) is 0 Å². The van der Waals surface area contributed by atoms with E-state index in [1.165, 1.54) is 16.3 Å². The summed E-state index contributed by atoms with van der Waals surface area (Å²) in [6.07, 6.45) is 0. The van der Waals surface area contributed by atoms with Crippen molar-refractivity contribution in [3.8, 4) is 6.07 Å². The Kier molecular flexibility index (Phi) is 3.47. The quantitative estimate of drug-likeness (QED) is 0.782. The maximum atomic E-state index is 9.58. The normalized spacial score (nSPS) is 23.3. The highest BCUT2D eigenvalue weighted by Crippen LogP contribution is 2.38. The lowest BCUT2D eigenvalue weighted by molar-refractivity contribution is 0.170. The molecular weight excluding hydrogens is 256 g/mol. The zero-order valence-corrected chi connectivity index (χ0v) is 13.0. The summed E-state index contributed by atoms with van der Waals surface area (Å²) in [5.74, 6) is 0.385.